The first-order valence-electron chi connectivity index (χ1n) is 8.42. The Balaban J connectivity index is 1.72. The van der Waals surface area contributed by atoms with Crippen LogP contribution in [0.25, 0.3) is 11.4 Å². The van der Waals surface area contributed by atoms with Gasteiger partial charge in [-0.3, -0.25) is 0 Å². The Bertz CT molecular complexity index is 677. The van der Waals surface area contributed by atoms with Crippen LogP contribution in [-0.4, -0.2) is 72.5 Å². The molecular weight excluding hydrogens is 322 g/mol. The molecule has 0 aromatic carbocycles. The number of aromatic nitrogens is 4. The van der Waals surface area contributed by atoms with Crippen LogP contribution in [-0.2, 0) is 9.47 Å². The van der Waals surface area contributed by atoms with Crippen molar-refractivity contribution in [1.29, 1.82) is 0 Å². The Morgan fingerprint density at radius 2 is 1.28 bits per heavy atom. The third-order valence-corrected chi connectivity index (χ3v) is 4.30. The highest BCUT2D eigenvalue weighted by molar-refractivity contribution is 5.61. The summed E-state index contributed by atoms with van der Waals surface area (Å²) < 4.78 is 10.9. The third-order valence-electron chi connectivity index (χ3n) is 4.30. The minimum Gasteiger partial charge on any atom is -0.378 e. The molecule has 0 spiro atoms. The SMILES string of the molecule is Nc1ncc(-c2nc(N3CCOCC3)cc(N3CCOCC3)n2)cn1. The number of rotatable bonds is 3. The van der Waals surface area contributed by atoms with Gasteiger partial charge in [-0.2, -0.15) is 0 Å². The van der Waals surface area contributed by atoms with E-state index in [0.29, 0.717) is 32.3 Å². The molecule has 4 rings (SSSR count). The van der Waals surface area contributed by atoms with Crippen molar-refractivity contribution in [2.45, 2.75) is 0 Å². The third kappa shape index (κ3) is 3.62. The minimum absolute atomic E-state index is 0.237. The number of hydrogen-bond donors (Lipinski definition) is 1. The number of nitrogens with zero attached hydrogens (tertiary/aromatic N) is 6. The summed E-state index contributed by atoms with van der Waals surface area (Å²) in [5, 5.41) is 0. The second kappa shape index (κ2) is 7.16. The summed E-state index contributed by atoms with van der Waals surface area (Å²) in [5.41, 5.74) is 6.34. The quantitative estimate of drug-likeness (QED) is 0.836. The smallest absolute Gasteiger partial charge is 0.219 e. The molecule has 2 fully saturated rings. The molecule has 2 aromatic rings. The van der Waals surface area contributed by atoms with E-state index in [2.05, 4.69) is 19.8 Å². The predicted molar refractivity (Wildman–Crippen MR) is 93.5 cm³/mol. The topological polar surface area (TPSA) is 103 Å². The maximum absolute atomic E-state index is 5.59. The van der Waals surface area contributed by atoms with Gasteiger partial charge in [0, 0.05) is 44.6 Å². The van der Waals surface area contributed by atoms with Crippen molar-refractivity contribution in [1.82, 2.24) is 19.9 Å². The Kier molecular flexibility index (Phi) is 4.57. The van der Waals surface area contributed by atoms with E-state index in [-0.39, 0.29) is 5.95 Å². The standard InChI is InChI=1S/C16H21N7O2/c17-16-18-10-12(11-19-16)15-20-13(22-1-5-24-6-2-22)9-14(21-15)23-3-7-25-8-4-23/h9-11H,1-8H2,(H2,17,18,19). The first kappa shape index (κ1) is 16.0. The van der Waals surface area contributed by atoms with E-state index in [4.69, 9.17) is 25.2 Å². The molecule has 2 aliphatic heterocycles. The predicted octanol–water partition coefficient (Wildman–Crippen LogP) is 0.189. The van der Waals surface area contributed by atoms with Crippen LogP contribution in [0.15, 0.2) is 18.5 Å². The van der Waals surface area contributed by atoms with E-state index in [1.165, 1.54) is 0 Å². The molecular formula is C16H21N7O2. The van der Waals surface area contributed by atoms with Crippen molar-refractivity contribution in [3.8, 4) is 11.4 Å². The Morgan fingerprint density at radius 1 is 0.800 bits per heavy atom. The van der Waals surface area contributed by atoms with Gasteiger partial charge in [-0.1, -0.05) is 0 Å². The van der Waals surface area contributed by atoms with Crippen molar-refractivity contribution < 1.29 is 9.47 Å². The van der Waals surface area contributed by atoms with Crippen LogP contribution in [0, 0.1) is 0 Å². The first-order valence-corrected chi connectivity index (χ1v) is 8.42. The van der Waals surface area contributed by atoms with Gasteiger partial charge < -0.3 is 25.0 Å². The fourth-order valence-electron chi connectivity index (χ4n) is 2.91. The molecule has 4 heterocycles. The molecule has 0 unspecified atom stereocenters. The molecule has 2 N–H and O–H groups in total. The van der Waals surface area contributed by atoms with Gasteiger partial charge in [0.05, 0.1) is 32.0 Å². The molecule has 25 heavy (non-hydrogen) atoms. The van der Waals surface area contributed by atoms with Crippen LogP contribution in [0.1, 0.15) is 0 Å². The second-order valence-electron chi connectivity index (χ2n) is 5.94. The highest BCUT2D eigenvalue weighted by atomic mass is 16.5. The average molecular weight is 343 g/mol. The maximum atomic E-state index is 5.59. The summed E-state index contributed by atoms with van der Waals surface area (Å²) in [6.07, 6.45) is 3.31. The summed E-state index contributed by atoms with van der Waals surface area (Å²) in [7, 11) is 0. The van der Waals surface area contributed by atoms with Crippen molar-refractivity contribution in [3.05, 3.63) is 18.5 Å². The zero-order chi connectivity index (χ0) is 17.1. The van der Waals surface area contributed by atoms with Crippen LogP contribution < -0.4 is 15.5 Å². The van der Waals surface area contributed by atoms with E-state index in [0.717, 1.165) is 43.4 Å². The minimum atomic E-state index is 0.237. The molecule has 2 saturated heterocycles. The number of anilines is 3. The van der Waals surface area contributed by atoms with Gasteiger partial charge in [0.2, 0.25) is 5.95 Å². The first-order chi connectivity index (χ1) is 12.3. The molecule has 0 aliphatic carbocycles. The number of morpholine rings is 2. The van der Waals surface area contributed by atoms with Gasteiger partial charge in [-0.15, -0.1) is 0 Å². The van der Waals surface area contributed by atoms with Crippen LogP contribution in [0.5, 0.6) is 0 Å². The van der Waals surface area contributed by atoms with Crippen molar-refractivity contribution in [2.24, 2.45) is 0 Å². The highest BCUT2D eigenvalue weighted by Crippen LogP contribution is 2.25. The molecule has 9 nitrogen and oxygen atoms in total. The van der Waals surface area contributed by atoms with Gasteiger partial charge in [0.15, 0.2) is 5.82 Å². The Labute approximate surface area is 145 Å². The van der Waals surface area contributed by atoms with Crippen molar-refractivity contribution >= 4 is 17.6 Å². The van der Waals surface area contributed by atoms with E-state index in [1.54, 1.807) is 12.4 Å². The summed E-state index contributed by atoms with van der Waals surface area (Å²) in [4.78, 5) is 22.0. The molecule has 0 saturated carbocycles. The van der Waals surface area contributed by atoms with E-state index < -0.39 is 0 Å². The summed E-state index contributed by atoms with van der Waals surface area (Å²) >= 11 is 0. The molecule has 0 radical (unpaired) electrons. The van der Waals surface area contributed by atoms with E-state index >= 15 is 0 Å². The molecule has 2 aliphatic rings. The van der Waals surface area contributed by atoms with Crippen LogP contribution in [0.2, 0.25) is 0 Å². The summed E-state index contributed by atoms with van der Waals surface area (Å²) in [5.74, 6) is 2.63. The van der Waals surface area contributed by atoms with Gasteiger partial charge >= 0.3 is 0 Å². The molecule has 2 aromatic heterocycles. The number of nitrogen functional groups attached to an aromatic ring is 1. The number of hydrogen-bond acceptors (Lipinski definition) is 9. The number of nitrogens with two attached hydrogens (primary N) is 1. The summed E-state index contributed by atoms with van der Waals surface area (Å²) in [6, 6.07) is 2.04. The van der Waals surface area contributed by atoms with E-state index in [9.17, 15) is 0 Å². The van der Waals surface area contributed by atoms with Crippen LogP contribution in [0.4, 0.5) is 17.6 Å². The summed E-state index contributed by atoms with van der Waals surface area (Å²) in [6.45, 7) is 6.09. The lowest BCUT2D eigenvalue weighted by Crippen LogP contribution is -2.38. The zero-order valence-electron chi connectivity index (χ0n) is 14.0. The zero-order valence-corrected chi connectivity index (χ0v) is 14.0. The maximum Gasteiger partial charge on any atom is 0.219 e. The van der Waals surface area contributed by atoms with Crippen LogP contribution >= 0.6 is 0 Å². The molecule has 0 bridgehead atoms. The van der Waals surface area contributed by atoms with Gasteiger partial charge in [0.1, 0.15) is 11.6 Å². The monoisotopic (exact) mass is 343 g/mol. The average Bonchev–Trinajstić information content (AvgIpc) is 2.69. The highest BCUT2D eigenvalue weighted by Gasteiger charge is 2.19. The molecule has 132 valence electrons. The lowest BCUT2D eigenvalue weighted by molar-refractivity contribution is 0.122. The lowest BCUT2D eigenvalue weighted by Gasteiger charge is -2.31. The van der Waals surface area contributed by atoms with Crippen molar-refractivity contribution in [2.75, 3.05) is 68.1 Å². The molecule has 9 heteroatoms. The Morgan fingerprint density at radius 3 is 1.76 bits per heavy atom. The van der Waals surface area contributed by atoms with Crippen molar-refractivity contribution in [3.63, 3.8) is 0 Å². The Hall–Kier alpha value is -2.52. The van der Waals surface area contributed by atoms with Gasteiger partial charge in [-0.05, 0) is 0 Å². The molecule has 0 atom stereocenters. The van der Waals surface area contributed by atoms with Gasteiger partial charge in [0.25, 0.3) is 0 Å². The fraction of sp³-hybridized carbons (Fsp3) is 0.500. The molecule has 0 amide bonds. The fourth-order valence-corrected chi connectivity index (χ4v) is 2.91. The normalized spacial score (nSPS) is 18.4. The lowest BCUT2D eigenvalue weighted by atomic mass is 10.3. The second-order valence-corrected chi connectivity index (χ2v) is 5.94. The van der Waals surface area contributed by atoms with E-state index in [1.807, 2.05) is 6.07 Å². The largest absolute Gasteiger partial charge is 0.378 e. The number of ether oxygens (including phenoxy) is 2. The van der Waals surface area contributed by atoms with Crippen LogP contribution in [0.3, 0.4) is 0 Å². The van der Waals surface area contributed by atoms with Gasteiger partial charge in [-0.25, -0.2) is 19.9 Å².